The number of hydrogen-bond donors (Lipinski definition) is 1. The van der Waals surface area contributed by atoms with Crippen molar-refractivity contribution in [3.63, 3.8) is 0 Å². The Kier molecular flexibility index (Phi) is 4.53. The van der Waals surface area contributed by atoms with Gasteiger partial charge in [-0.1, -0.05) is 36.4 Å². The second-order valence-electron chi connectivity index (χ2n) is 4.60. The van der Waals surface area contributed by atoms with E-state index in [9.17, 15) is 0 Å². The lowest BCUT2D eigenvalue weighted by molar-refractivity contribution is 0.811. The van der Waals surface area contributed by atoms with Crippen LogP contribution >= 0.6 is 12.2 Å². The summed E-state index contributed by atoms with van der Waals surface area (Å²) in [5, 5.41) is 3.99. The van der Waals surface area contributed by atoms with Crippen molar-refractivity contribution in [2.75, 3.05) is 10.2 Å². The molecule has 0 spiro atoms. The summed E-state index contributed by atoms with van der Waals surface area (Å²) in [5.41, 5.74) is 2.11. The number of para-hydroxylation sites is 2. The van der Waals surface area contributed by atoms with Gasteiger partial charge in [-0.2, -0.15) is 0 Å². The molecule has 0 fully saturated rings. The van der Waals surface area contributed by atoms with Gasteiger partial charge in [0.05, 0.1) is 0 Å². The molecule has 0 aliphatic rings. The highest BCUT2D eigenvalue weighted by Gasteiger charge is 2.15. The SMILES string of the molecule is CC(C)N(C(=S)Nc1ccccc1)c1ccccc1. The highest BCUT2D eigenvalue weighted by atomic mass is 32.1. The van der Waals surface area contributed by atoms with Gasteiger partial charge >= 0.3 is 0 Å². The number of nitrogens with one attached hydrogen (secondary N) is 1. The fourth-order valence-electron chi connectivity index (χ4n) is 1.94. The van der Waals surface area contributed by atoms with Crippen molar-refractivity contribution < 1.29 is 0 Å². The molecule has 1 N–H and O–H groups in total. The minimum Gasteiger partial charge on any atom is -0.332 e. The largest absolute Gasteiger partial charge is 0.332 e. The van der Waals surface area contributed by atoms with Crippen molar-refractivity contribution in [1.29, 1.82) is 0 Å². The molecule has 0 amide bonds. The number of hydrogen-bond acceptors (Lipinski definition) is 1. The van der Waals surface area contributed by atoms with E-state index >= 15 is 0 Å². The molecule has 0 saturated heterocycles. The standard InChI is InChI=1S/C16H18N2S/c1-13(2)18(15-11-7-4-8-12-15)16(19)17-14-9-5-3-6-10-14/h3-13H,1-2H3,(H,17,19). The normalized spacial score (nSPS) is 10.3. The van der Waals surface area contributed by atoms with Gasteiger partial charge in [0, 0.05) is 17.4 Å². The summed E-state index contributed by atoms with van der Waals surface area (Å²) in [6.07, 6.45) is 0. The van der Waals surface area contributed by atoms with Crippen LogP contribution in [0.5, 0.6) is 0 Å². The maximum Gasteiger partial charge on any atom is 0.178 e. The zero-order chi connectivity index (χ0) is 13.7. The predicted octanol–water partition coefficient (Wildman–Crippen LogP) is 4.30. The van der Waals surface area contributed by atoms with E-state index in [1.54, 1.807) is 0 Å². The van der Waals surface area contributed by atoms with Gasteiger partial charge in [0.25, 0.3) is 0 Å². The molecule has 98 valence electrons. The first kappa shape index (κ1) is 13.6. The lowest BCUT2D eigenvalue weighted by Gasteiger charge is -2.29. The Bertz CT molecular complexity index is 523. The second kappa shape index (κ2) is 6.34. The molecule has 0 saturated carbocycles. The van der Waals surface area contributed by atoms with E-state index in [-0.39, 0.29) is 0 Å². The molecular formula is C16H18N2S. The van der Waals surface area contributed by atoms with Crippen molar-refractivity contribution in [3.05, 3.63) is 60.7 Å². The first-order valence-corrected chi connectivity index (χ1v) is 6.79. The second-order valence-corrected chi connectivity index (χ2v) is 4.98. The van der Waals surface area contributed by atoms with Crippen LogP contribution in [0.4, 0.5) is 11.4 Å². The molecule has 2 nitrogen and oxygen atoms in total. The minimum atomic E-state index is 0.297. The molecule has 0 unspecified atom stereocenters. The van der Waals surface area contributed by atoms with Gasteiger partial charge in [0.15, 0.2) is 5.11 Å². The maximum absolute atomic E-state index is 5.53. The van der Waals surface area contributed by atoms with Crippen LogP contribution in [0.25, 0.3) is 0 Å². The lowest BCUT2D eigenvalue weighted by Crippen LogP contribution is -2.40. The van der Waals surface area contributed by atoms with E-state index < -0.39 is 0 Å². The third-order valence-corrected chi connectivity index (χ3v) is 3.09. The molecule has 0 aliphatic heterocycles. The van der Waals surface area contributed by atoms with E-state index in [2.05, 4.69) is 36.2 Å². The van der Waals surface area contributed by atoms with Gasteiger partial charge in [0.1, 0.15) is 0 Å². The highest BCUT2D eigenvalue weighted by Crippen LogP contribution is 2.18. The molecule has 0 bridgehead atoms. The molecule has 3 heteroatoms. The molecule has 0 aliphatic carbocycles. The van der Waals surface area contributed by atoms with Gasteiger partial charge in [0.2, 0.25) is 0 Å². The molecule has 2 aromatic rings. The van der Waals surface area contributed by atoms with Crippen LogP contribution in [0.15, 0.2) is 60.7 Å². The average Bonchev–Trinajstić information content (AvgIpc) is 2.40. The molecule has 0 heterocycles. The number of nitrogens with zero attached hydrogens (tertiary/aromatic N) is 1. The van der Waals surface area contributed by atoms with Crippen LogP contribution in [-0.4, -0.2) is 11.2 Å². The van der Waals surface area contributed by atoms with Crippen molar-refractivity contribution in [2.24, 2.45) is 0 Å². The summed E-state index contributed by atoms with van der Waals surface area (Å²) in [4.78, 5) is 2.11. The Balaban J connectivity index is 2.19. The summed E-state index contributed by atoms with van der Waals surface area (Å²) < 4.78 is 0. The Hall–Kier alpha value is -1.87. The molecule has 2 rings (SSSR count). The van der Waals surface area contributed by atoms with Crippen LogP contribution < -0.4 is 10.2 Å². The Morgan fingerprint density at radius 1 is 0.947 bits per heavy atom. The molecule has 0 aromatic heterocycles. The highest BCUT2D eigenvalue weighted by molar-refractivity contribution is 7.80. The van der Waals surface area contributed by atoms with E-state index in [0.29, 0.717) is 11.2 Å². The monoisotopic (exact) mass is 270 g/mol. The predicted molar refractivity (Wildman–Crippen MR) is 86.7 cm³/mol. The topological polar surface area (TPSA) is 15.3 Å². The van der Waals surface area contributed by atoms with Gasteiger partial charge in [-0.3, -0.25) is 0 Å². The molecule has 0 atom stereocenters. The first-order valence-electron chi connectivity index (χ1n) is 6.39. The first-order chi connectivity index (χ1) is 9.18. The van der Waals surface area contributed by atoms with Crippen molar-refractivity contribution >= 4 is 28.7 Å². The number of anilines is 2. The van der Waals surface area contributed by atoms with E-state index in [1.807, 2.05) is 48.5 Å². The number of benzene rings is 2. The van der Waals surface area contributed by atoms with Gasteiger partial charge in [-0.15, -0.1) is 0 Å². The third-order valence-electron chi connectivity index (χ3n) is 2.79. The number of rotatable bonds is 3. The van der Waals surface area contributed by atoms with Crippen LogP contribution in [0.1, 0.15) is 13.8 Å². The lowest BCUT2D eigenvalue weighted by atomic mass is 10.2. The zero-order valence-electron chi connectivity index (χ0n) is 11.2. The third kappa shape index (κ3) is 3.55. The van der Waals surface area contributed by atoms with Crippen molar-refractivity contribution in [2.45, 2.75) is 19.9 Å². The smallest absolute Gasteiger partial charge is 0.178 e. The van der Waals surface area contributed by atoms with E-state index in [0.717, 1.165) is 11.4 Å². The van der Waals surface area contributed by atoms with Crippen LogP contribution in [0.3, 0.4) is 0 Å². The van der Waals surface area contributed by atoms with Gasteiger partial charge in [-0.05, 0) is 50.3 Å². The van der Waals surface area contributed by atoms with Crippen molar-refractivity contribution in [3.8, 4) is 0 Å². The summed E-state index contributed by atoms with van der Waals surface area (Å²) in [6, 6.07) is 20.5. The summed E-state index contributed by atoms with van der Waals surface area (Å²) >= 11 is 5.53. The molecule has 19 heavy (non-hydrogen) atoms. The van der Waals surface area contributed by atoms with Gasteiger partial charge < -0.3 is 10.2 Å². The fourth-order valence-corrected chi connectivity index (χ4v) is 2.38. The molecular weight excluding hydrogens is 252 g/mol. The quantitative estimate of drug-likeness (QED) is 0.837. The number of thiocarbonyl (C=S) groups is 1. The van der Waals surface area contributed by atoms with E-state index in [1.165, 1.54) is 0 Å². The van der Waals surface area contributed by atoms with Crippen LogP contribution in [0.2, 0.25) is 0 Å². The zero-order valence-corrected chi connectivity index (χ0v) is 12.0. The summed E-state index contributed by atoms with van der Waals surface area (Å²) in [5.74, 6) is 0. The molecule has 2 aromatic carbocycles. The van der Waals surface area contributed by atoms with Crippen LogP contribution in [0, 0.1) is 0 Å². The summed E-state index contributed by atoms with van der Waals surface area (Å²) in [7, 11) is 0. The summed E-state index contributed by atoms with van der Waals surface area (Å²) in [6.45, 7) is 4.26. The van der Waals surface area contributed by atoms with Crippen molar-refractivity contribution in [1.82, 2.24) is 0 Å². The Morgan fingerprint density at radius 3 is 2.00 bits per heavy atom. The minimum absolute atomic E-state index is 0.297. The Labute approximate surface area is 120 Å². The maximum atomic E-state index is 5.53. The van der Waals surface area contributed by atoms with Gasteiger partial charge in [-0.25, -0.2) is 0 Å². The average molecular weight is 270 g/mol. The molecule has 0 radical (unpaired) electrons. The van der Waals surface area contributed by atoms with Crippen LogP contribution in [-0.2, 0) is 0 Å². The Morgan fingerprint density at radius 2 is 1.47 bits per heavy atom. The fraction of sp³-hybridized carbons (Fsp3) is 0.188. The van der Waals surface area contributed by atoms with E-state index in [4.69, 9.17) is 12.2 Å².